The van der Waals surface area contributed by atoms with E-state index in [-0.39, 0.29) is 5.75 Å². The summed E-state index contributed by atoms with van der Waals surface area (Å²) in [7, 11) is 0. The van der Waals surface area contributed by atoms with Crippen LogP contribution in [0.5, 0.6) is 5.75 Å². The Bertz CT molecular complexity index is 1020. The van der Waals surface area contributed by atoms with Crippen LogP contribution in [0.4, 0.5) is 0 Å². The number of rotatable bonds is 4. The first-order chi connectivity index (χ1) is 13.2. The van der Waals surface area contributed by atoms with Crippen LogP contribution in [-0.2, 0) is 6.54 Å². The second-order valence-electron chi connectivity index (χ2n) is 7.17. The fraction of sp³-hybridized carbons (Fsp3) is 0.208. The van der Waals surface area contributed by atoms with Crippen molar-refractivity contribution in [1.29, 1.82) is 0 Å². The first-order valence-corrected chi connectivity index (χ1v) is 9.41. The highest BCUT2D eigenvalue weighted by molar-refractivity contribution is 5.85. The number of phenolic OH excluding ortho intramolecular Hbond substituents is 1. The highest BCUT2D eigenvalue weighted by Gasteiger charge is 2.10. The van der Waals surface area contributed by atoms with E-state index in [4.69, 9.17) is 0 Å². The molecule has 2 heterocycles. The van der Waals surface area contributed by atoms with E-state index in [1.807, 2.05) is 30.3 Å². The van der Waals surface area contributed by atoms with Gasteiger partial charge in [-0.1, -0.05) is 60.2 Å². The first kappa shape index (κ1) is 17.5. The number of pyridine rings is 1. The van der Waals surface area contributed by atoms with Crippen molar-refractivity contribution in [3.05, 3.63) is 89.1 Å². The summed E-state index contributed by atoms with van der Waals surface area (Å²) < 4.78 is 0. The molecule has 3 aromatic rings. The zero-order valence-corrected chi connectivity index (χ0v) is 15.6. The molecule has 4 rings (SSSR count). The molecule has 27 heavy (non-hydrogen) atoms. The molecule has 0 amide bonds. The van der Waals surface area contributed by atoms with Crippen LogP contribution in [0.25, 0.3) is 17.0 Å². The highest BCUT2D eigenvalue weighted by atomic mass is 16.3. The molecule has 0 bridgehead atoms. The summed E-state index contributed by atoms with van der Waals surface area (Å²) in [5.41, 5.74) is 5.56. The number of aromatic nitrogens is 1. The van der Waals surface area contributed by atoms with Crippen LogP contribution in [0, 0.1) is 6.92 Å². The smallest absolute Gasteiger partial charge is 0.141 e. The summed E-state index contributed by atoms with van der Waals surface area (Å²) in [5, 5.41) is 10.9. The van der Waals surface area contributed by atoms with Crippen molar-refractivity contribution in [2.24, 2.45) is 0 Å². The first-order valence-electron chi connectivity index (χ1n) is 9.41. The molecule has 0 radical (unpaired) electrons. The molecule has 0 aliphatic carbocycles. The van der Waals surface area contributed by atoms with Crippen LogP contribution in [0.15, 0.2) is 72.3 Å². The number of fused-ring (bicyclic) bond motifs is 1. The van der Waals surface area contributed by atoms with Gasteiger partial charge in [0.05, 0.1) is 5.69 Å². The molecule has 1 aliphatic rings. The second-order valence-corrected chi connectivity index (χ2v) is 7.17. The SMILES string of the molecule is Cc1cccc(CN2CC=C(C=Cc3ccc4cccc(O)c4n3)CC2)c1. The fourth-order valence-electron chi connectivity index (χ4n) is 3.52. The standard InChI is InChI=1S/C24H24N2O/c1-18-4-2-5-20(16-18)17-26-14-12-19(13-15-26)8-10-22-11-9-21-6-3-7-23(27)24(21)25-22/h2-12,16,27H,13-15,17H2,1H3. The van der Waals surface area contributed by atoms with Crippen LogP contribution in [0.3, 0.4) is 0 Å². The molecular weight excluding hydrogens is 332 g/mol. The van der Waals surface area contributed by atoms with Crippen molar-refractivity contribution in [2.45, 2.75) is 19.9 Å². The maximum absolute atomic E-state index is 9.98. The van der Waals surface area contributed by atoms with Gasteiger partial charge in [-0.3, -0.25) is 4.90 Å². The van der Waals surface area contributed by atoms with E-state index in [1.165, 1.54) is 16.7 Å². The minimum Gasteiger partial charge on any atom is -0.506 e. The van der Waals surface area contributed by atoms with Gasteiger partial charge in [-0.2, -0.15) is 0 Å². The second kappa shape index (κ2) is 7.77. The number of para-hydroxylation sites is 1. The van der Waals surface area contributed by atoms with Crippen LogP contribution in [0.1, 0.15) is 23.2 Å². The molecule has 0 saturated heterocycles. The Morgan fingerprint density at radius 3 is 2.78 bits per heavy atom. The summed E-state index contributed by atoms with van der Waals surface area (Å²) in [6.45, 7) is 5.18. The van der Waals surface area contributed by atoms with Gasteiger partial charge in [0, 0.05) is 25.0 Å². The number of benzene rings is 2. The minimum atomic E-state index is 0.228. The molecular formula is C24H24N2O. The minimum absolute atomic E-state index is 0.228. The van der Waals surface area contributed by atoms with E-state index in [1.54, 1.807) is 6.07 Å². The average molecular weight is 356 g/mol. The number of hydrogen-bond donors (Lipinski definition) is 1. The molecule has 3 nitrogen and oxygen atoms in total. The fourth-order valence-corrected chi connectivity index (χ4v) is 3.52. The summed E-state index contributed by atoms with van der Waals surface area (Å²) in [4.78, 5) is 7.03. The predicted molar refractivity (Wildman–Crippen MR) is 112 cm³/mol. The zero-order valence-electron chi connectivity index (χ0n) is 15.6. The van der Waals surface area contributed by atoms with Gasteiger partial charge in [-0.15, -0.1) is 0 Å². The monoisotopic (exact) mass is 356 g/mol. The Morgan fingerprint density at radius 2 is 1.96 bits per heavy atom. The van der Waals surface area contributed by atoms with Gasteiger partial charge in [0.25, 0.3) is 0 Å². The van der Waals surface area contributed by atoms with Crippen LogP contribution >= 0.6 is 0 Å². The largest absolute Gasteiger partial charge is 0.506 e. The summed E-state index contributed by atoms with van der Waals surface area (Å²) >= 11 is 0. The molecule has 136 valence electrons. The van der Waals surface area contributed by atoms with Crippen LogP contribution in [0.2, 0.25) is 0 Å². The van der Waals surface area contributed by atoms with Gasteiger partial charge >= 0.3 is 0 Å². The van der Waals surface area contributed by atoms with E-state index >= 15 is 0 Å². The Kier molecular flexibility index (Phi) is 5.03. The van der Waals surface area contributed by atoms with E-state index < -0.39 is 0 Å². The van der Waals surface area contributed by atoms with Gasteiger partial charge in [0.1, 0.15) is 11.3 Å². The molecule has 0 unspecified atom stereocenters. The molecule has 0 fully saturated rings. The number of allylic oxidation sites excluding steroid dienone is 1. The molecule has 0 saturated carbocycles. The van der Waals surface area contributed by atoms with Crippen molar-refractivity contribution in [2.75, 3.05) is 13.1 Å². The van der Waals surface area contributed by atoms with E-state index in [2.05, 4.69) is 53.2 Å². The lowest BCUT2D eigenvalue weighted by Gasteiger charge is -2.25. The number of aryl methyl sites for hydroxylation is 1. The van der Waals surface area contributed by atoms with Gasteiger partial charge in [0.2, 0.25) is 0 Å². The molecule has 0 atom stereocenters. The highest BCUT2D eigenvalue weighted by Crippen LogP contribution is 2.23. The quantitative estimate of drug-likeness (QED) is 0.707. The Labute approximate surface area is 160 Å². The molecule has 1 aliphatic heterocycles. The van der Waals surface area contributed by atoms with Crippen LogP contribution < -0.4 is 0 Å². The summed E-state index contributed by atoms with van der Waals surface area (Å²) in [6.07, 6.45) is 7.53. The lowest BCUT2D eigenvalue weighted by molar-refractivity contribution is 0.287. The van der Waals surface area contributed by atoms with Crippen molar-refractivity contribution in [1.82, 2.24) is 9.88 Å². The van der Waals surface area contributed by atoms with Crippen molar-refractivity contribution in [3.8, 4) is 5.75 Å². The average Bonchev–Trinajstić information content (AvgIpc) is 2.68. The van der Waals surface area contributed by atoms with E-state index in [0.717, 1.165) is 37.1 Å². The van der Waals surface area contributed by atoms with Crippen molar-refractivity contribution < 1.29 is 5.11 Å². The van der Waals surface area contributed by atoms with E-state index in [0.29, 0.717) is 5.52 Å². The number of hydrogen-bond acceptors (Lipinski definition) is 3. The Balaban J connectivity index is 1.42. The summed E-state index contributed by atoms with van der Waals surface area (Å²) in [5.74, 6) is 0.228. The lowest BCUT2D eigenvalue weighted by atomic mass is 10.1. The molecule has 3 heteroatoms. The topological polar surface area (TPSA) is 36.4 Å². The van der Waals surface area contributed by atoms with Gasteiger partial charge in [-0.05, 0) is 42.7 Å². The number of aromatic hydroxyl groups is 1. The molecule has 1 aromatic heterocycles. The maximum atomic E-state index is 9.98. The lowest BCUT2D eigenvalue weighted by Crippen LogP contribution is -2.28. The van der Waals surface area contributed by atoms with Gasteiger partial charge in [-0.25, -0.2) is 4.98 Å². The Morgan fingerprint density at radius 1 is 1.07 bits per heavy atom. The molecule has 0 spiro atoms. The number of phenols is 1. The van der Waals surface area contributed by atoms with Crippen molar-refractivity contribution >= 4 is 17.0 Å². The number of nitrogens with zero attached hydrogens (tertiary/aromatic N) is 2. The van der Waals surface area contributed by atoms with Gasteiger partial charge < -0.3 is 5.11 Å². The third kappa shape index (κ3) is 4.26. The van der Waals surface area contributed by atoms with Gasteiger partial charge in [0.15, 0.2) is 0 Å². The molecule has 1 N–H and O–H groups in total. The third-order valence-electron chi connectivity index (χ3n) is 5.01. The third-order valence-corrected chi connectivity index (χ3v) is 5.01. The maximum Gasteiger partial charge on any atom is 0.141 e. The normalized spacial score (nSPS) is 15.4. The summed E-state index contributed by atoms with van der Waals surface area (Å²) in [6, 6.07) is 18.2. The van der Waals surface area contributed by atoms with E-state index in [9.17, 15) is 5.11 Å². The Hall–Kier alpha value is -2.91. The van der Waals surface area contributed by atoms with Crippen molar-refractivity contribution in [3.63, 3.8) is 0 Å². The molecule has 2 aromatic carbocycles. The van der Waals surface area contributed by atoms with Crippen LogP contribution in [-0.4, -0.2) is 28.1 Å². The zero-order chi connectivity index (χ0) is 18.6. The predicted octanol–water partition coefficient (Wildman–Crippen LogP) is 5.09.